The van der Waals surface area contributed by atoms with Gasteiger partial charge >= 0.3 is 0 Å². The van der Waals surface area contributed by atoms with Crippen LogP contribution >= 0.6 is 11.6 Å². The van der Waals surface area contributed by atoms with E-state index in [1.54, 1.807) is 19.2 Å². The molecule has 0 bridgehead atoms. The summed E-state index contributed by atoms with van der Waals surface area (Å²) in [4.78, 5) is 0. The molecule has 3 rings (SSSR count). The molecule has 1 atom stereocenters. The van der Waals surface area contributed by atoms with E-state index >= 15 is 0 Å². The molecule has 0 saturated carbocycles. The highest BCUT2D eigenvalue weighted by molar-refractivity contribution is 6.32. The molecular formula is C17H13ClN2O3. The summed E-state index contributed by atoms with van der Waals surface area (Å²) in [7, 11) is 1.56. The average molecular weight is 329 g/mol. The predicted octanol–water partition coefficient (Wildman–Crippen LogP) is 3.27. The molecule has 6 heteroatoms. The van der Waals surface area contributed by atoms with Crippen molar-refractivity contribution in [3.05, 3.63) is 64.0 Å². The fourth-order valence-electron chi connectivity index (χ4n) is 2.69. The van der Waals surface area contributed by atoms with E-state index in [1.165, 1.54) is 6.07 Å². The molecule has 2 aromatic rings. The van der Waals surface area contributed by atoms with Crippen LogP contribution in [-0.4, -0.2) is 12.2 Å². The van der Waals surface area contributed by atoms with Crippen LogP contribution in [0.4, 0.5) is 0 Å². The van der Waals surface area contributed by atoms with Crippen LogP contribution in [-0.2, 0) is 0 Å². The highest BCUT2D eigenvalue weighted by Gasteiger charge is 2.33. The van der Waals surface area contributed by atoms with Crippen LogP contribution in [0.25, 0.3) is 0 Å². The second-order valence-electron chi connectivity index (χ2n) is 5.01. The van der Waals surface area contributed by atoms with Crippen LogP contribution in [0.3, 0.4) is 0 Å². The predicted molar refractivity (Wildman–Crippen MR) is 85.4 cm³/mol. The van der Waals surface area contributed by atoms with Gasteiger partial charge in [0.1, 0.15) is 28.9 Å². The van der Waals surface area contributed by atoms with Crippen molar-refractivity contribution in [2.75, 3.05) is 7.11 Å². The molecule has 0 saturated heterocycles. The highest BCUT2D eigenvalue weighted by Crippen LogP contribution is 2.47. The molecule has 0 aromatic heterocycles. The number of fused-ring (bicyclic) bond motifs is 1. The molecule has 0 aliphatic carbocycles. The van der Waals surface area contributed by atoms with E-state index in [2.05, 4.69) is 6.07 Å². The minimum absolute atomic E-state index is 0.00220. The van der Waals surface area contributed by atoms with Crippen LogP contribution in [0.15, 0.2) is 47.9 Å². The van der Waals surface area contributed by atoms with E-state index in [0.717, 1.165) is 5.56 Å². The number of aromatic hydroxyl groups is 1. The number of ether oxygens (including phenoxy) is 2. The van der Waals surface area contributed by atoms with E-state index in [-0.39, 0.29) is 22.2 Å². The summed E-state index contributed by atoms with van der Waals surface area (Å²) < 4.78 is 10.9. The smallest absolute Gasteiger partial charge is 0.205 e. The minimum atomic E-state index is -0.488. The number of phenolic OH excluding ortho intramolecular Hbond substituents is 1. The summed E-state index contributed by atoms with van der Waals surface area (Å²) in [6.07, 6.45) is 0. The number of para-hydroxylation sites is 1. The maximum atomic E-state index is 9.78. The Morgan fingerprint density at radius 2 is 2.04 bits per heavy atom. The first kappa shape index (κ1) is 15.1. The van der Waals surface area contributed by atoms with Crippen molar-refractivity contribution >= 4 is 11.6 Å². The molecule has 5 nitrogen and oxygen atoms in total. The maximum absolute atomic E-state index is 9.78. The van der Waals surface area contributed by atoms with E-state index in [4.69, 9.17) is 26.8 Å². The van der Waals surface area contributed by atoms with Crippen LogP contribution in [0.1, 0.15) is 17.0 Å². The van der Waals surface area contributed by atoms with Crippen molar-refractivity contribution in [3.63, 3.8) is 0 Å². The molecule has 0 unspecified atom stereocenters. The van der Waals surface area contributed by atoms with Crippen LogP contribution in [0, 0.1) is 11.3 Å². The van der Waals surface area contributed by atoms with Gasteiger partial charge in [0.25, 0.3) is 0 Å². The van der Waals surface area contributed by atoms with Crippen molar-refractivity contribution < 1.29 is 14.6 Å². The second-order valence-corrected chi connectivity index (χ2v) is 5.42. The van der Waals surface area contributed by atoms with Crippen molar-refractivity contribution in [1.82, 2.24) is 0 Å². The summed E-state index contributed by atoms with van der Waals surface area (Å²) in [6.45, 7) is 0. The molecule has 1 aliphatic heterocycles. The zero-order chi connectivity index (χ0) is 16.6. The Labute approximate surface area is 138 Å². The Morgan fingerprint density at radius 1 is 1.30 bits per heavy atom. The van der Waals surface area contributed by atoms with Gasteiger partial charge in [-0.05, 0) is 12.1 Å². The first-order valence-corrected chi connectivity index (χ1v) is 7.17. The molecule has 0 fully saturated rings. The molecule has 0 amide bonds. The number of nitrogens with two attached hydrogens (primary N) is 1. The fourth-order valence-corrected chi connectivity index (χ4v) is 2.86. The summed E-state index contributed by atoms with van der Waals surface area (Å²) in [5.41, 5.74) is 7.56. The Balaban J connectivity index is 2.29. The number of phenols is 1. The lowest BCUT2D eigenvalue weighted by atomic mass is 9.83. The minimum Gasteiger partial charge on any atom is -0.506 e. The van der Waals surface area contributed by atoms with Crippen LogP contribution in [0.2, 0.25) is 5.02 Å². The number of nitriles is 1. The van der Waals surface area contributed by atoms with Gasteiger partial charge in [-0.25, -0.2) is 0 Å². The Kier molecular flexibility index (Phi) is 3.77. The number of allylic oxidation sites excluding steroid dienone is 1. The lowest BCUT2D eigenvalue weighted by Gasteiger charge is -2.27. The maximum Gasteiger partial charge on any atom is 0.205 e. The van der Waals surface area contributed by atoms with E-state index < -0.39 is 5.92 Å². The van der Waals surface area contributed by atoms with E-state index in [0.29, 0.717) is 17.1 Å². The summed E-state index contributed by atoms with van der Waals surface area (Å²) >= 11 is 6.03. The number of rotatable bonds is 2. The van der Waals surface area contributed by atoms with Crippen molar-refractivity contribution in [1.29, 1.82) is 5.26 Å². The molecule has 23 heavy (non-hydrogen) atoms. The first-order valence-electron chi connectivity index (χ1n) is 6.79. The van der Waals surface area contributed by atoms with Gasteiger partial charge in [-0.15, -0.1) is 0 Å². The first-order chi connectivity index (χ1) is 11.1. The quantitative estimate of drug-likeness (QED) is 0.883. The topological polar surface area (TPSA) is 88.5 Å². The summed E-state index contributed by atoms with van der Waals surface area (Å²) in [5, 5.41) is 19.5. The molecule has 2 aromatic carbocycles. The monoisotopic (exact) mass is 328 g/mol. The number of nitrogens with zero attached hydrogens (tertiary/aromatic N) is 1. The van der Waals surface area contributed by atoms with Gasteiger partial charge in [-0.1, -0.05) is 29.8 Å². The SMILES string of the molecule is COc1ccccc1[C@@H]1C(C#N)=C(N)Oc2cc(O)c(Cl)cc21. The molecular weight excluding hydrogens is 316 g/mol. The zero-order valence-electron chi connectivity index (χ0n) is 12.2. The molecule has 1 heterocycles. The number of hydrogen-bond donors (Lipinski definition) is 2. The highest BCUT2D eigenvalue weighted by atomic mass is 35.5. The van der Waals surface area contributed by atoms with Gasteiger partial charge in [-0.3, -0.25) is 0 Å². The molecule has 116 valence electrons. The largest absolute Gasteiger partial charge is 0.506 e. The number of benzene rings is 2. The van der Waals surface area contributed by atoms with E-state index in [1.807, 2.05) is 18.2 Å². The second kappa shape index (κ2) is 5.75. The van der Waals surface area contributed by atoms with Crippen LogP contribution in [0.5, 0.6) is 17.2 Å². The van der Waals surface area contributed by atoms with Crippen molar-refractivity contribution in [2.45, 2.75) is 5.92 Å². The Bertz CT molecular complexity index is 855. The molecule has 3 N–H and O–H groups in total. The molecule has 0 radical (unpaired) electrons. The van der Waals surface area contributed by atoms with Crippen molar-refractivity contribution in [3.8, 4) is 23.3 Å². The third-order valence-corrected chi connectivity index (χ3v) is 4.04. The van der Waals surface area contributed by atoms with Crippen molar-refractivity contribution in [2.24, 2.45) is 5.73 Å². The molecule has 1 aliphatic rings. The number of halogens is 1. The van der Waals surface area contributed by atoms with Crippen LogP contribution < -0.4 is 15.2 Å². The lowest BCUT2D eigenvalue weighted by molar-refractivity contribution is 0.383. The standard InChI is InChI=1S/C17H13ClN2O3/c1-22-14-5-3-2-4-9(14)16-10-6-12(18)13(21)7-15(10)23-17(20)11(16)8-19/h2-7,16,21H,20H2,1H3/t16-/m0/s1. The Morgan fingerprint density at radius 3 is 2.74 bits per heavy atom. The Hall–Kier alpha value is -2.84. The fraction of sp³-hybridized carbons (Fsp3) is 0.118. The van der Waals surface area contributed by atoms with Gasteiger partial charge in [0.15, 0.2) is 0 Å². The van der Waals surface area contributed by atoms with E-state index in [9.17, 15) is 10.4 Å². The van der Waals surface area contributed by atoms with Gasteiger partial charge in [0.05, 0.1) is 18.1 Å². The van der Waals surface area contributed by atoms with Gasteiger partial charge < -0.3 is 20.3 Å². The lowest BCUT2D eigenvalue weighted by Crippen LogP contribution is -2.21. The number of methoxy groups -OCH3 is 1. The summed E-state index contributed by atoms with van der Waals surface area (Å²) in [6, 6.07) is 12.4. The van der Waals surface area contributed by atoms with Gasteiger partial charge in [0.2, 0.25) is 5.88 Å². The number of hydrogen-bond acceptors (Lipinski definition) is 5. The zero-order valence-corrected chi connectivity index (χ0v) is 13.0. The van der Waals surface area contributed by atoms with Gasteiger partial charge in [-0.2, -0.15) is 5.26 Å². The van der Waals surface area contributed by atoms with Gasteiger partial charge in [0, 0.05) is 17.2 Å². The third-order valence-electron chi connectivity index (χ3n) is 3.73. The normalized spacial score (nSPS) is 16.3. The molecule has 0 spiro atoms. The summed E-state index contributed by atoms with van der Waals surface area (Å²) in [5.74, 6) is 0.377. The average Bonchev–Trinajstić information content (AvgIpc) is 2.55. The third kappa shape index (κ3) is 2.43.